The highest BCUT2D eigenvalue weighted by Gasteiger charge is 2.09. The van der Waals surface area contributed by atoms with Gasteiger partial charge in [0.1, 0.15) is 0 Å². The highest BCUT2D eigenvalue weighted by Crippen LogP contribution is 2.27. The molecule has 0 aliphatic rings. The maximum Gasteiger partial charge on any atom is 0.238 e. The molecule has 36 heavy (non-hydrogen) atoms. The Kier molecular flexibility index (Phi) is 6.42. The van der Waals surface area contributed by atoms with Crippen LogP contribution in [0.5, 0.6) is 0 Å². The lowest BCUT2D eigenvalue weighted by molar-refractivity contribution is 0.598. The molecule has 5 aromatic rings. The van der Waals surface area contributed by atoms with Crippen LogP contribution >= 0.6 is 11.3 Å². The van der Waals surface area contributed by atoms with E-state index in [9.17, 15) is 8.42 Å². The average Bonchev–Trinajstić information content (AvgIpc) is 3.31. The standard InChI is InChI=1S/C25H21N7O2S2/c1-16-2-11-23(35-16)22-13-15-28-25(32-22)29-18-5-3-17(4-6-18)21-12-14-27-24(31-21)30-19-7-9-20(10-8-19)36(26,33)34/h2-15H,1H3,(H2,26,33,34)(H,27,30,31)(H,28,29,32). The van der Waals surface area contributed by atoms with Gasteiger partial charge >= 0.3 is 0 Å². The van der Waals surface area contributed by atoms with Crippen LogP contribution in [0.15, 0.2) is 90.1 Å². The molecule has 0 unspecified atom stereocenters. The van der Waals surface area contributed by atoms with E-state index in [0.29, 0.717) is 17.6 Å². The fraction of sp³-hybridized carbons (Fsp3) is 0.0400. The van der Waals surface area contributed by atoms with E-state index in [2.05, 4.69) is 49.6 Å². The van der Waals surface area contributed by atoms with Gasteiger partial charge in [-0.05, 0) is 67.6 Å². The van der Waals surface area contributed by atoms with Gasteiger partial charge in [-0.25, -0.2) is 33.5 Å². The number of aryl methyl sites for hydroxylation is 1. The minimum atomic E-state index is -3.74. The fourth-order valence-electron chi connectivity index (χ4n) is 3.42. The first-order valence-electron chi connectivity index (χ1n) is 10.8. The number of hydrogen-bond donors (Lipinski definition) is 3. The van der Waals surface area contributed by atoms with Gasteiger partial charge in [0.15, 0.2) is 0 Å². The van der Waals surface area contributed by atoms with Crippen LogP contribution in [-0.2, 0) is 10.0 Å². The second-order valence-corrected chi connectivity index (χ2v) is 10.7. The minimum absolute atomic E-state index is 0.0372. The van der Waals surface area contributed by atoms with Crippen molar-refractivity contribution < 1.29 is 8.42 Å². The molecule has 9 nitrogen and oxygen atoms in total. The molecule has 180 valence electrons. The first kappa shape index (κ1) is 23.5. The summed E-state index contributed by atoms with van der Waals surface area (Å²) in [5.41, 5.74) is 3.99. The Labute approximate surface area is 212 Å². The van der Waals surface area contributed by atoms with E-state index >= 15 is 0 Å². The van der Waals surface area contributed by atoms with E-state index in [1.165, 1.54) is 17.0 Å². The molecule has 0 bridgehead atoms. The van der Waals surface area contributed by atoms with Gasteiger partial charge in [0.25, 0.3) is 0 Å². The topological polar surface area (TPSA) is 136 Å². The van der Waals surface area contributed by atoms with Gasteiger partial charge in [0.05, 0.1) is 21.2 Å². The van der Waals surface area contributed by atoms with Crippen LogP contribution in [0.4, 0.5) is 23.3 Å². The third kappa shape index (κ3) is 5.54. The normalized spacial score (nSPS) is 11.3. The third-order valence-corrected chi connectivity index (χ3v) is 7.13. The number of aromatic nitrogens is 4. The van der Waals surface area contributed by atoms with E-state index in [1.54, 1.807) is 35.9 Å². The molecule has 3 aromatic heterocycles. The maximum atomic E-state index is 11.4. The molecule has 4 N–H and O–H groups in total. The number of anilines is 4. The number of benzene rings is 2. The molecule has 11 heteroatoms. The Hall–Kier alpha value is -4.19. The van der Waals surface area contributed by atoms with Crippen LogP contribution in [0.25, 0.3) is 21.8 Å². The quantitative estimate of drug-likeness (QED) is 0.272. The number of rotatable bonds is 7. The van der Waals surface area contributed by atoms with Crippen molar-refractivity contribution in [3.8, 4) is 21.8 Å². The van der Waals surface area contributed by atoms with E-state index in [0.717, 1.165) is 27.5 Å². The number of nitrogens with one attached hydrogen (secondary N) is 2. The van der Waals surface area contributed by atoms with Crippen molar-refractivity contribution in [2.45, 2.75) is 11.8 Å². The number of nitrogens with zero attached hydrogens (tertiary/aromatic N) is 4. The van der Waals surface area contributed by atoms with Gasteiger partial charge < -0.3 is 10.6 Å². The Morgan fingerprint density at radius 1 is 0.722 bits per heavy atom. The Balaban J connectivity index is 1.29. The molecule has 0 aliphatic heterocycles. The second-order valence-electron chi connectivity index (χ2n) is 7.84. The summed E-state index contributed by atoms with van der Waals surface area (Å²) in [6.07, 6.45) is 3.40. The van der Waals surface area contributed by atoms with Crippen LogP contribution in [0.2, 0.25) is 0 Å². The lowest BCUT2D eigenvalue weighted by atomic mass is 10.1. The van der Waals surface area contributed by atoms with Crippen molar-refractivity contribution in [1.82, 2.24) is 19.9 Å². The number of primary sulfonamides is 1. The van der Waals surface area contributed by atoms with E-state index in [-0.39, 0.29) is 4.90 Å². The lowest BCUT2D eigenvalue weighted by Crippen LogP contribution is -2.11. The van der Waals surface area contributed by atoms with Gasteiger partial charge in [-0.2, -0.15) is 0 Å². The van der Waals surface area contributed by atoms with Crippen LogP contribution in [-0.4, -0.2) is 28.4 Å². The van der Waals surface area contributed by atoms with Crippen molar-refractivity contribution in [3.63, 3.8) is 0 Å². The number of nitrogens with two attached hydrogens (primary N) is 1. The van der Waals surface area contributed by atoms with Crippen molar-refractivity contribution in [1.29, 1.82) is 0 Å². The molecule has 3 heterocycles. The number of hydrogen-bond acceptors (Lipinski definition) is 9. The molecule has 0 saturated carbocycles. The molecule has 0 radical (unpaired) electrons. The van der Waals surface area contributed by atoms with Crippen molar-refractivity contribution in [2.24, 2.45) is 5.14 Å². The summed E-state index contributed by atoms with van der Waals surface area (Å²) in [5, 5.41) is 11.5. The van der Waals surface area contributed by atoms with Gasteiger partial charge in [0.2, 0.25) is 21.9 Å². The van der Waals surface area contributed by atoms with Gasteiger partial charge in [-0.3, -0.25) is 0 Å². The zero-order valence-electron chi connectivity index (χ0n) is 19.1. The smallest absolute Gasteiger partial charge is 0.238 e. The van der Waals surface area contributed by atoms with E-state index in [4.69, 9.17) is 5.14 Å². The summed E-state index contributed by atoms with van der Waals surface area (Å²) >= 11 is 1.69. The predicted octanol–water partition coefficient (Wildman–Crippen LogP) is 5.11. The predicted molar refractivity (Wildman–Crippen MR) is 142 cm³/mol. The van der Waals surface area contributed by atoms with Crippen LogP contribution in [0.1, 0.15) is 4.88 Å². The minimum Gasteiger partial charge on any atom is -0.324 e. The monoisotopic (exact) mass is 515 g/mol. The summed E-state index contributed by atoms with van der Waals surface area (Å²) in [6, 6.07) is 21.7. The Morgan fingerprint density at radius 2 is 1.28 bits per heavy atom. The molecule has 2 aromatic carbocycles. The SMILES string of the molecule is Cc1ccc(-c2ccnc(Nc3ccc(-c4ccnc(Nc5ccc(S(N)(=O)=O)cc5)n4)cc3)n2)s1. The van der Waals surface area contributed by atoms with Crippen molar-refractivity contribution >= 4 is 44.6 Å². The van der Waals surface area contributed by atoms with Gasteiger partial charge in [-0.1, -0.05) is 12.1 Å². The molecule has 0 fully saturated rings. The van der Waals surface area contributed by atoms with Crippen molar-refractivity contribution in [2.75, 3.05) is 10.6 Å². The second kappa shape index (κ2) is 9.82. The zero-order valence-corrected chi connectivity index (χ0v) is 20.7. The van der Waals surface area contributed by atoms with E-state index < -0.39 is 10.0 Å². The van der Waals surface area contributed by atoms with Gasteiger partial charge in [0, 0.05) is 34.2 Å². The molecular weight excluding hydrogens is 494 g/mol. The molecule has 0 amide bonds. The molecule has 0 aliphatic carbocycles. The average molecular weight is 516 g/mol. The van der Waals surface area contributed by atoms with Crippen molar-refractivity contribution in [3.05, 3.63) is 90.1 Å². The largest absolute Gasteiger partial charge is 0.324 e. The van der Waals surface area contributed by atoms with E-state index in [1.807, 2.05) is 36.4 Å². The highest BCUT2D eigenvalue weighted by atomic mass is 32.2. The zero-order chi connectivity index (χ0) is 25.1. The lowest BCUT2D eigenvalue weighted by Gasteiger charge is -2.09. The molecule has 0 saturated heterocycles. The summed E-state index contributed by atoms with van der Waals surface area (Å²) in [5.74, 6) is 0.903. The first-order valence-corrected chi connectivity index (χ1v) is 13.2. The fourth-order valence-corrected chi connectivity index (χ4v) is 4.77. The summed E-state index contributed by atoms with van der Waals surface area (Å²) in [6.45, 7) is 2.07. The van der Waals surface area contributed by atoms with Gasteiger partial charge in [-0.15, -0.1) is 11.3 Å². The van der Waals surface area contributed by atoms with Crippen LogP contribution in [0, 0.1) is 6.92 Å². The molecule has 5 rings (SSSR count). The highest BCUT2D eigenvalue weighted by molar-refractivity contribution is 7.89. The Morgan fingerprint density at radius 3 is 1.83 bits per heavy atom. The molecule has 0 spiro atoms. The summed E-state index contributed by atoms with van der Waals surface area (Å²) in [7, 11) is -3.74. The maximum absolute atomic E-state index is 11.4. The first-order chi connectivity index (χ1) is 17.3. The third-order valence-electron chi connectivity index (χ3n) is 5.18. The molecule has 0 atom stereocenters. The summed E-state index contributed by atoms with van der Waals surface area (Å²) in [4.78, 5) is 20.1. The van der Waals surface area contributed by atoms with Crippen LogP contribution in [0.3, 0.4) is 0 Å². The number of sulfonamides is 1. The summed E-state index contributed by atoms with van der Waals surface area (Å²) < 4.78 is 22.9. The van der Waals surface area contributed by atoms with Crippen LogP contribution < -0.4 is 15.8 Å². The molecular formula is C25H21N7O2S2. The number of thiophene rings is 1. The Bertz CT molecular complexity index is 1620.